The molecule has 0 amide bonds. The van der Waals surface area contributed by atoms with Gasteiger partial charge in [-0.15, -0.1) is 0 Å². The van der Waals surface area contributed by atoms with Crippen molar-refractivity contribution in [1.82, 2.24) is 0 Å². The molecule has 0 aromatic carbocycles. The zero-order valence-corrected chi connectivity index (χ0v) is 7.30. The van der Waals surface area contributed by atoms with Crippen LogP contribution in [-0.4, -0.2) is 0 Å². The van der Waals surface area contributed by atoms with Gasteiger partial charge in [0.25, 0.3) is 0 Å². The van der Waals surface area contributed by atoms with Crippen molar-refractivity contribution >= 4 is 0 Å². The molecular formula is C10H18. The van der Waals surface area contributed by atoms with Crippen molar-refractivity contribution in [1.29, 1.82) is 0 Å². The smallest absolute Gasteiger partial charge is 0.00562 e. The van der Waals surface area contributed by atoms with Gasteiger partial charge in [-0.2, -0.15) is 0 Å². The van der Waals surface area contributed by atoms with Crippen LogP contribution in [-0.2, 0) is 0 Å². The van der Waals surface area contributed by atoms with Gasteiger partial charge < -0.3 is 0 Å². The Morgan fingerprint density at radius 3 is 2.30 bits per heavy atom. The Kier molecular flexibility index (Phi) is 6.25. The Morgan fingerprint density at radius 2 is 1.90 bits per heavy atom. The van der Waals surface area contributed by atoms with Crippen LogP contribution in [0, 0.1) is 5.92 Å². The first kappa shape index (κ1) is 9.48. The van der Waals surface area contributed by atoms with E-state index in [1.807, 2.05) is 0 Å². The Hall–Kier alpha value is -0.520. The molecule has 0 saturated carbocycles. The van der Waals surface area contributed by atoms with Crippen LogP contribution in [0.2, 0.25) is 0 Å². The highest BCUT2D eigenvalue weighted by Gasteiger charge is 1.91. The SMILES string of the molecule is CC=CC(C=CCC)CC. The minimum atomic E-state index is 0.657. The second-order valence-corrected chi connectivity index (χ2v) is 2.43. The summed E-state index contributed by atoms with van der Waals surface area (Å²) in [6.07, 6.45) is 11.2. The van der Waals surface area contributed by atoms with Crippen LogP contribution in [0.25, 0.3) is 0 Å². The molecule has 0 N–H and O–H groups in total. The van der Waals surface area contributed by atoms with Crippen LogP contribution < -0.4 is 0 Å². The Bertz CT molecular complexity index is 109. The molecule has 0 aliphatic heterocycles. The lowest BCUT2D eigenvalue weighted by Crippen LogP contribution is -1.86. The lowest BCUT2D eigenvalue weighted by molar-refractivity contribution is 0.769. The van der Waals surface area contributed by atoms with Crippen molar-refractivity contribution in [2.24, 2.45) is 5.92 Å². The molecule has 0 spiro atoms. The van der Waals surface area contributed by atoms with Crippen LogP contribution in [0.4, 0.5) is 0 Å². The van der Waals surface area contributed by atoms with E-state index >= 15 is 0 Å². The molecule has 1 atom stereocenters. The number of allylic oxidation sites excluding steroid dienone is 4. The maximum atomic E-state index is 2.28. The summed E-state index contributed by atoms with van der Waals surface area (Å²) in [5.41, 5.74) is 0. The lowest BCUT2D eigenvalue weighted by Gasteiger charge is -2.00. The van der Waals surface area contributed by atoms with Crippen LogP contribution in [0.15, 0.2) is 24.3 Å². The summed E-state index contributed by atoms with van der Waals surface area (Å²) in [5.74, 6) is 0.657. The van der Waals surface area contributed by atoms with Gasteiger partial charge in [-0.25, -0.2) is 0 Å². The standard InChI is InChI=1S/C10H18/c1-4-7-9-10(6-3)8-5-2/h5,7-10H,4,6H2,1-3H3. The van der Waals surface area contributed by atoms with E-state index in [0.29, 0.717) is 5.92 Å². The summed E-state index contributed by atoms with van der Waals surface area (Å²) in [7, 11) is 0. The highest BCUT2D eigenvalue weighted by molar-refractivity contribution is 4.98. The van der Waals surface area contributed by atoms with Gasteiger partial charge >= 0.3 is 0 Å². The number of hydrogen-bond acceptors (Lipinski definition) is 0. The fourth-order valence-corrected chi connectivity index (χ4v) is 0.894. The van der Waals surface area contributed by atoms with E-state index in [4.69, 9.17) is 0 Å². The number of rotatable bonds is 4. The molecule has 0 heterocycles. The summed E-state index contributed by atoms with van der Waals surface area (Å²) in [6, 6.07) is 0. The third-order valence-electron chi connectivity index (χ3n) is 1.53. The molecular weight excluding hydrogens is 120 g/mol. The van der Waals surface area contributed by atoms with E-state index in [1.54, 1.807) is 0 Å². The predicted molar refractivity (Wildman–Crippen MR) is 48.0 cm³/mol. The van der Waals surface area contributed by atoms with Gasteiger partial charge in [0.15, 0.2) is 0 Å². The maximum absolute atomic E-state index is 2.28. The molecule has 0 nitrogen and oxygen atoms in total. The molecule has 0 saturated heterocycles. The largest absolute Gasteiger partial charge is 0.0911 e. The molecule has 10 heavy (non-hydrogen) atoms. The van der Waals surface area contributed by atoms with Crippen molar-refractivity contribution in [3.8, 4) is 0 Å². The molecule has 0 radical (unpaired) electrons. The Labute approximate surface area is 64.6 Å². The Morgan fingerprint density at radius 1 is 1.20 bits per heavy atom. The zero-order valence-electron chi connectivity index (χ0n) is 7.30. The summed E-state index contributed by atoms with van der Waals surface area (Å²) in [5, 5.41) is 0. The van der Waals surface area contributed by atoms with Gasteiger partial charge in [0.2, 0.25) is 0 Å². The zero-order chi connectivity index (χ0) is 7.82. The first-order chi connectivity index (χ1) is 4.85. The van der Waals surface area contributed by atoms with Crippen molar-refractivity contribution in [2.45, 2.75) is 33.6 Å². The van der Waals surface area contributed by atoms with Crippen molar-refractivity contribution in [3.63, 3.8) is 0 Å². The van der Waals surface area contributed by atoms with Crippen molar-refractivity contribution < 1.29 is 0 Å². The topological polar surface area (TPSA) is 0 Å². The summed E-state index contributed by atoms with van der Waals surface area (Å²) in [4.78, 5) is 0. The van der Waals surface area contributed by atoms with E-state index in [1.165, 1.54) is 6.42 Å². The van der Waals surface area contributed by atoms with E-state index in [9.17, 15) is 0 Å². The Balaban J connectivity index is 3.70. The second kappa shape index (κ2) is 6.60. The monoisotopic (exact) mass is 138 g/mol. The first-order valence-corrected chi connectivity index (χ1v) is 4.14. The van der Waals surface area contributed by atoms with Crippen LogP contribution in [0.1, 0.15) is 33.6 Å². The molecule has 0 fully saturated rings. The molecule has 58 valence electrons. The molecule has 0 aliphatic carbocycles. The lowest BCUT2D eigenvalue weighted by atomic mass is 10.1. The fraction of sp³-hybridized carbons (Fsp3) is 0.600. The third kappa shape index (κ3) is 4.37. The van der Waals surface area contributed by atoms with Gasteiger partial charge in [0.05, 0.1) is 0 Å². The molecule has 0 bridgehead atoms. The van der Waals surface area contributed by atoms with Crippen LogP contribution >= 0.6 is 0 Å². The predicted octanol–water partition coefficient (Wildman–Crippen LogP) is 3.55. The molecule has 0 heteroatoms. The van der Waals surface area contributed by atoms with E-state index in [-0.39, 0.29) is 0 Å². The highest BCUT2D eigenvalue weighted by atomic mass is 14.0. The van der Waals surface area contributed by atoms with Crippen molar-refractivity contribution in [2.75, 3.05) is 0 Å². The third-order valence-corrected chi connectivity index (χ3v) is 1.53. The molecule has 0 rings (SSSR count). The minimum absolute atomic E-state index is 0.657. The molecule has 0 aromatic heterocycles. The average Bonchev–Trinajstić information content (AvgIpc) is 1.98. The summed E-state index contributed by atoms with van der Waals surface area (Å²) < 4.78 is 0. The molecule has 0 aromatic rings. The highest BCUT2D eigenvalue weighted by Crippen LogP contribution is 2.06. The fourth-order valence-electron chi connectivity index (χ4n) is 0.894. The maximum Gasteiger partial charge on any atom is -0.00562 e. The normalized spacial score (nSPS) is 15.1. The van der Waals surface area contributed by atoms with Crippen LogP contribution in [0.3, 0.4) is 0 Å². The summed E-state index contributed by atoms with van der Waals surface area (Å²) >= 11 is 0. The van der Waals surface area contributed by atoms with Crippen LogP contribution in [0.5, 0.6) is 0 Å². The van der Waals surface area contributed by atoms with Gasteiger partial charge in [0.1, 0.15) is 0 Å². The van der Waals surface area contributed by atoms with Crippen molar-refractivity contribution in [3.05, 3.63) is 24.3 Å². The van der Waals surface area contributed by atoms with Gasteiger partial charge in [-0.1, -0.05) is 38.2 Å². The first-order valence-electron chi connectivity index (χ1n) is 4.14. The van der Waals surface area contributed by atoms with Gasteiger partial charge in [-0.05, 0) is 25.7 Å². The van der Waals surface area contributed by atoms with E-state index in [2.05, 4.69) is 45.1 Å². The molecule has 1 unspecified atom stereocenters. The minimum Gasteiger partial charge on any atom is -0.0911 e. The summed E-state index contributed by atoms with van der Waals surface area (Å²) in [6.45, 7) is 6.45. The van der Waals surface area contributed by atoms with E-state index in [0.717, 1.165) is 6.42 Å². The second-order valence-electron chi connectivity index (χ2n) is 2.43. The van der Waals surface area contributed by atoms with E-state index < -0.39 is 0 Å². The quantitative estimate of drug-likeness (QED) is 0.521. The number of hydrogen-bond donors (Lipinski definition) is 0. The van der Waals surface area contributed by atoms with Gasteiger partial charge in [-0.3, -0.25) is 0 Å². The molecule has 0 aliphatic rings. The van der Waals surface area contributed by atoms with Gasteiger partial charge in [0, 0.05) is 0 Å². The average molecular weight is 138 g/mol.